The third kappa shape index (κ3) is 3.69. The smallest absolute Gasteiger partial charge is 0.291 e. The minimum atomic E-state index is -0.341. The van der Waals surface area contributed by atoms with Crippen molar-refractivity contribution in [3.05, 3.63) is 88.9 Å². The maximum atomic E-state index is 12.9. The number of hydrogen-bond acceptors (Lipinski definition) is 3. The number of benzene rings is 2. The zero-order valence-corrected chi connectivity index (χ0v) is 15.7. The summed E-state index contributed by atoms with van der Waals surface area (Å²) < 4.78 is 5.13. The first-order valence-electron chi connectivity index (χ1n) is 9.46. The van der Waals surface area contributed by atoms with E-state index in [0.29, 0.717) is 11.3 Å². The summed E-state index contributed by atoms with van der Waals surface area (Å²) >= 11 is 0. The number of carbonyl (C=O) groups is 2. The van der Waals surface area contributed by atoms with Crippen molar-refractivity contribution < 1.29 is 14.0 Å². The summed E-state index contributed by atoms with van der Waals surface area (Å²) in [7, 11) is 0. The standard InChI is InChI=1S/C23H22N2O3/c1-15-11-12-17(14-20(15)25-23(27)21-10-5-13-28-21)22(26)24-19-9-4-7-16-6-2-3-8-18(16)19/h2-3,5-6,8,10-14,19H,4,7,9H2,1H3,(H,24,26)(H,25,27). The minimum absolute atomic E-state index is 0.0138. The number of hydrogen-bond donors (Lipinski definition) is 2. The van der Waals surface area contributed by atoms with Crippen LogP contribution in [0.25, 0.3) is 0 Å². The van der Waals surface area contributed by atoms with Crippen LogP contribution < -0.4 is 10.6 Å². The number of furan rings is 1. The van der Waals surface area contributed by atoms with E-state index in [1.807, 2.05) is 25.1 Å². The van der Waals surface area contributed by atoms with Crippen LogP contribution >= 0.6 is 0 Å². The quantitative estimate of drug-likeness (QED) is 0.698. The Balaban J connectivity index is 1.52. The van der Waals surface area contributed by atoms with E-state index < -0.39 is 0 Å². The van der Waals surface area contributed by atoms with Gasteiger partial charge in [0.15, 0.2) is 5.76 Å². The van der Waals surface area contributed by atoms with Gasteiger partial charge >= 0.3 is 0 Å². The molecule has 0 aliphatic heterocycles. The lowest BCUT2D eigenvalue weighted by molar-refractivity contribution is 0.0931. The Hall–Kier alpha value is -3.34. The van der Waals surface area contributed by atoms with Crippen LogP contribution in [0.1, 0.15) is 56.5 Å². The molecule has 2 amide bonds. The van der Waals surface area contributed by atoms with Crippen LogP contribution in [0.5, 0.6) is 0 Å². The number of fused-ring (bicyclic) bond motifs is 1. The molecule has 1 heterocycles. The SMILES string of the molecule is Cc1ccc(C(=O)NC2CCCc3ccccc32)cc1NC(=O)c1ccco1. The van der Waals surface area contributed by atoms with E-state index in [0.717, 1.165) is 24.8 Å². The van der Waals surface area contributed by atoms with Gasteiger partial charge in [0.1, 0.15) is 0 Å². The molecule has 1 aliphatic rings. The summed E-state index contributed by atoms with van der Waals surface area (Å²) in [4.78, 5) is 25.1. The monoisotopic (exact) mass is 374 g/mol. The Labute approximate surface area is 163 Å². The van der Waals surface area contributed by atoms with E-state index in [9.17, 15) is 9.59 Å². The van der Waals surface area contributed by atoms with Crippen LogP contribution in [0.4, 0.5) is 5.69 Å². The van der Waals surface area contributed by atoms with Crippen molar-refractivity contribution in [2.24, 2.45) is 0 Å². The van der Waals surface area contributed by atoms with Gasteiger partial charge in [-0.15, -0.1) is 0 Å². The van der Waals surface area contributed by atoms with Crippen molar-refractivity contribution >= 4 is 17.5 Å². The number of aryl methyl sites for hydroxylation is 2. The highest BCUT2D eigenvalue weighted by atomic mass is 16.3. The molecule has 3 aromatic rings. The second-order valence-corrected chi connectivity index (χ2v) is 7.08. The lowest BCUT2D eigenvalue weighted by Gasteiger charge is -2.26. The van der Waals surface area contributed by atoms with Gasteiger partial charge in [0, 0.05) is 11.3 Å². The molecule has 2 N–H and O–H groups in total. The van der Waals surface area contributed by atoms with Crippen LogP contribution in [-0.4, -0.2) is 11.8 Å². The predicted molar refractivity (Wildman–Crippen MR) is 107 cm³/mol. The molecule has 2 aromatic carbocycles. The predicted octanol–water partition coefficient (Wildman–Crippen LogP) is 4.65. The van der Waals surface area contributed by atoms with Crippen LogP contribution in [-0.2, 0) is 6.42 Å². The molecule has 1 aliphatic carbocycles. The Kier molecular flexibility index (Phi) is 4.98. The van der Waals surface area contributed by atoms with Gasteiger partial charge < -0.3 is 15.1 Å². The van der Waals surface area contributed by atoms with Gasteiger partial charge in [-0.1, -0.05) is 30.3 Å². The van der Waals surface area contributed by atoms with Crippen LogP contribution in [0.2, 0.25) is 0 Å². The maximum Gasteiger partial charge on any atom is 0.291 e. The summed E-state index contributed by atoms with van der Waals surface area (Å²) in [6, 6.07) is 16.9. The van der Waals surface area contributed by atoms with E-state index in [-0.39, 0.29) is 23.6 Å². The fraction of sp³-hybridized carbons (Fsp3) is 0.217. The fourth-order valence-corrected chi connectivity index (χ4v) is 3.64. The second kappa shape index (κ2) is 7.72. The van der Waals surface area contributed by atoms with Crippen molar-refractivity contribution in [2.45, 2.75) is 32.2 Å². The first-order chi connectivity index (χ1) is 13.6. The highest BCUT2D eigenvalue weighted by Crippen LogP contribution is 2.30. The molecule has 142 valence electrons. The highest BCUT2D eigenvalue weighted by molar-refractivity contribution is 6.04. The number of rotatable bonds is 4. The lowest BCUT2D eigenvalue weighted by atomic mass is 9.87. The molecule has 0 saturated carbocycles. The minimum Gasteiger partial charge on any atom is -0.459 e. The van der Waals surface area contributed by atoms with Gasteiger partial charge in [0.25, 0.3) is 11.8 Å². The maximum absolute atomic E-state index is 12.9. The molecular formula is C23H22N2O3. The van der Waals surface area contributed by atoms with E-state index in [2.05, 4.69) is 22.8 Å². The normalized spacial score (nSPS) is 15.5. The fourth-order valence-electron chi connectivity index (χ4n) is 3.64. The molecule has 1 aromatic heterocycles. The largest absolute Gasteiger partial charge is 0.459 e. The first kappa shape index (κ1) is 18.0. The van der Waals surface area contributed by atoms with E-state index in [1.165, 1.54) is 17.4 Å². The van der Waals surface area contributed by atoms with Gasteiger partial charge in [-0.2, -0.15) is 0 Å². The molecule has 5 nitrogen and oxygen atoms in total. The van der Waals surface area contributed by atoms with Crippen molar-refractivity contribution in [3.8, 4) is 0 Å². The number of anilines is 1. The van der Waals surface area contributed by atoms with Gasteiger partial charge in [0.05, 0.1) is 12.3 Å². The van der Waals surface area contributed by atoms with Crippen LogP contribution in [0.15, 0.2) is 65.3 Å². The molecule has 0 radical (unpaired) electrons. The zero-order valence-electron chi connectivity index (χ0n) is 15.7. The van der Waals surface area contributed by atoms with Gasteiger partial charge in [-0.3, -0.25) is 9.59 Å². The number of amides is 2. The summed E-state index contributed by atoms with van der Waals surface area (Å²) in [6.07, 6.45) is 4.49. The molecule has 0 saturated heterocycles. The molecule has 28 heavy (non-hydrogen) atoms. The summed E-state index contributed by atoms with van der Waals surface area (Å²) in [5.74, 6) is -0.255. The van der Waals surface area contributed by atoms with E-state index >= 15 is 0 Å². The van der Waals surface area contributed by atoms with Crippen LogP contribution in [0, 0.1) is 6.92 Å². The molecule has 5 heteroatoms. The van der Waals surface area contributed by atoms with Crippen LogP contribution in [0.3, 0.4) is 0 Å². The molecule has 4 rings (SSSR count). The number of nitrogens with one attached hydrogen (secondary N) is 2. The summed E-state index contributed by atoms with van der Waals surface area (Å²) in [6.45, 7) is 1.89. The molecule has 0 fully saturated rings. The Morgan fingerprint density at radius 1 is 1.04 bits per heavy atom. The summed E-state index contributed by atoms with van der Waals surface area (Å²) in [5.41, 5.74) is 4.48. The highest BCUT2D eigenvalue weighted by Gasteiger charge is 2.22. The topological polar surface area (TPSA) is 71.3 Å². The van der Waals surface area contributed by atoms with E-state index in [4.69, 9.17) is 4.42 Å². The van der Waals surface area contributed by atoms with Gasteiger partial charge in [-0.05, 0) is 67.1 Å². The Morgan fingerprint density at radius 3 is 2.71 bits per heavy atom. The molecule has 1 unspecified atom stereocenters. The lowest BCUT2D eigenvalue weighted by Crippen LogP contribution is -2.31. The van der Waals surface area contributed by atoms with Crippen molar-refractivity contribution in [3.63, 3.8) is 0 Å². The first-order valence-corrected chi connectivity index (χ1v) is 9.46. The van der Waals surface area contributed by atoms with E-state index in [1.54, 1.807) is 24.3 Å². The Morgan fingerprint density at radius 2 is 1.89 bits per heavy atom. The Bertz CT molecular complexity index is 1010. The average molecular weight is 374 g/mol. The zero-order chi connectivity index (χ0) is 19.5. The van der Waals surface area contributed by atoms with Crippen molar-refractivity contribution in [1.29, 1.82) is 0 Å². The molecular weight excluding hydrogens is 352 g/mol. The average Bonchev–Trinajstić information content (AvgIpc) is 3.25. The van der Waals surface area contributed by atoms with Gasteiger partial charge in [-0.25, -0.2) is 0 Å². The molecule has 0 bridgehead atoms. The third-order valence-electron chi connectivity index (χ3n) is 5.17. The van der Waals surface area contributed by atoms with Crippen molar-refractivity contribution in [1.82, 2.24) is 5.32 Å². The molecule has 0 spiro atoms. The molecule has 1 atom stereocenters. The second-order valence-electron chi connectivity index (χ2n) is 7.08. The summed E-state index contributed by atoms with van der Waals surface area (Å²) in [5, 5.41) is 5.96. The van der Waals surface area contributed by atoms with Crippen molar-refractivity contribution in [2.75, 3.05) is 5.32 Å². The third-order valence-corrected chi connectivity index (χ3v) is 5.17. The van der Waals surface area contributed by atoms with Gasteiger partial charge in [0.2, 0.25) is 0 Å². The number of carbonyl (C=O) groups excluding carboxylic acids is 2.